The summed E-state index contributed by atoms with van der Waals surface area (Å²) in [6, 6.07) is 0. The summed E-state index contributed by atoms with van der Waals surface area (Å²) >= 11 is 5.76. The highest BCUT2D eigenvalue weighted by Crippen LogP contribution is 2.34. The van der Waals surface area contributed by atoms with E-state index in [0.717, 1.165) is 20.8 Å². The summed E-state index contributed by atoms with van der Waals surface area (Å²) in [6.07, 6.45) is -4.53. The van der Waals surface area contributed by atoms with E-state index in [1.165, 1.54) is 17.8 Å². The first-order valence-corrected chi connectivity index (χ1v) is 9.43. The van der Waals surface area contributed by atoms with Crippen LogP contribution < -0.4 is 0 Å². The van der Waals surface area contributed by atoms with Crippen molar-refractivity contribution >= 4 is 35.5 Å². The molecule has 1 aliphatic rings. The molecular weight excluding hydrogens is 426 g/mol. The van der Waals surface area contributed by atoms with Crippen molar-refractivity contribution in [2.45, 2.75) is 64.2 Å². The predicted molar refractivity (Wildman–Crippen MR) is 96.8 cm³/mol. The van der Waals surface area contributed by atoms with Gasteiger partial charge in [-0.2, -0.15) is 0 Å². The maximum Gasteiger partial charge on any atom is 0.303 e. The Morgan fingerprint density at radius 3 is 2.03 bits per heavy atom. The number of aromatic nitrogens is 3. The Labute approximate surface area is 176 Å². The van der Waals surface area contributed by atoms with Crippen molar-refractivity contribution in [2.24, 2.45) is 0 Å². The Morgan fingerprint density at radius 1 is 0.967 bits per heavy atom. The van der Waals surface area contributed by atoms with Crippen LogP contribution in [0.2, 0.25) is 0 Å². The molecule has 1 fully saturated rings. The Kier molecular flexibility index (Phi) is 8.12. The van der Waals surface area contributed by atoms with E-state index in [1.807, 2.05) is 0 Å². The second kappa shape index (κ2) is 10.3. The normalized spacial score (nSPS) is 25.8. The first-order valence-electron chi connectivity index (χ1n) is 8.89. The van der Waals surface area contributed by atoms with Crippen molar-refractivity contribution in [3.8, 4) is 0 Å². The lowest BCUT2D eigenvalue weighted by atomic mass is 9.97. The molecule has 0 aromatic carbocycles. The summed E-state index contributed by atoms with van der Waals surface area (Å²) in [4.78, 5) is 46.5. The van der Waals surface area contributed by atoms with Crippen LogP contribution >= 0.6 is 11.6 Å². The minimum absolute atomic E-state index is 0.0608. The van der Waals surface area contributed by atoms with E-state index in [2.05, 4.69) is 10.3 Å². The molecule has 1 aliphatic heterocycles. The van der Waals surface area contributed by atoms with Crippen molar-refractivity contribution in [3.05, 3.63) is 11.9 Å². The van der Waals surface area contributed by atoms with Crippen molar-refractivity contribution in [1.82, 2.24) is 15.0 Å². The molecule has 13 heteroatoms. The zero-order valence-corrected chi connectivity index (χ0v) is 17.5. The fourth-order valence-electron chi connectivity index (χ4n) is 2.92. The first kappa shape index (κ1) is 23.5. The van der Waals surface area contributed by atoms with E-state index < -0.39 is 54.5 Å². The summed E-state index contributed by atoms with van der Waals surface area (Å²) in [5.41, 5.74) is 0.407. The van der Waals surface area contributed by atoms with E-state index in [0.29, 0.717) is 5.69 Å². The van der Waals surface area contributed by atoms with Gasteiger partial charge in [0.2, 0.25) is 0 Å². The summed E-state index contributed by atoms with van der Waals surface area (Å²) in [6.45, 7) is 4.30. The Balaban J connectivity index is 2.50. The molecule has 5 atom stereocenters. The predicted octanol–water partition coefficient (Wildman–Crippen LogP) is 0.272. The average Bonchev–Trinajstić information content (AvgIpc) is 3.11. The molecule has 0 unspecified atom stereocenters. The molecule has 0 bridgehead atoms. The van der Waals surface area contributed by atoms with Gasteiger partial charge in [0, 0.05) is 27.7 Å². The number of rotatable bonds is 7. The standard InChI is InChI=1S/C17H22ClN3O9/c1-8(22)26-7-13-14(27-9(2)23)15(28-10(3)24)16(29-11(4)25)17(30-13)21-6-12(5-18)19-20-21/h6,13-17H,5,7H2,1-4H3/t13-,14-,15+,16-,17-/m1/s1. The number of hydrogen-bond acceptors (Lipinski definition) is 11. The van der Waals surface area contributed by atoms with E-state index >= 15 is 0 Å². The Hall–Kier alpha value is -2.73. The molecule has 2 rings (SSSR count). The van der Waals surface area contributed by atoms with Gasteiger partial charge >= 0.3 is 23.9 Å². The minimum atomic E-state index is -1.28. The lowest BCUT2D eigenvalue weighted by molar-refractivity contribution is -0.270. The summed E-state index contributed by atoms with van der Waals surface area (Å²) in [5, 5.41) is 7.77. The number of nitrogens with zero attached hydrogens (tertiary/aromatic N) is 3. The molecule has 0 spiro atoms. The van der Waals surface area contributed by atoms with Gasteiger partial charge in [-0.15, -0.1) is 16.7 Å². The summed E-state index contributed by atoms with van der Waals surface area (Å²) in [7, 11) is 0. The Bertz CT molecular complexity index is 799. The van der Waals surface area contributed by atoms with Crippen LogP contribution in [0.4, 0.5) is 0 Å². The van der Waals surface area contributed by atoms with E-state index in [4.69, 9.17) is 35.3 Å². The third-order valence-electron chi connectivity index (χ3n) is 3.92. The van der Waals surface area contributed by atoms with Crippen LogP contribution in [0.25, 0.3) is 0 Å². The highest BCUT2D eigenvalue weighted by atomic mass is 35.5. The van der Waals surface area contributed by atoms with Crippen LogP contribution in [-0.4, -0.2) is 69.9 Å². The van der Waals surface area contributed by atoms with E-state index in [9.17, 15) is 19.2 Å². The second-order valence-electron chi connectivity index (χ2n) is 6.41. The zero-order valence-electron chi connectivity index (χ0n) is 16.8. The fraction of sp³-hybridized carbons (Fsp3) is 0.647. The number of alkyl halides is 1. The SMILES string of the molecule is CC(=O)OC[C@H]1O[C@@H](n2cc(CCl)nn2)[C@H](OC(C)=O)[C@@H](OC(C)=O)[C@@H]1OC(C)=O. The van der Waals surface area contributed by atoms with Crippen molar-refractivity contribution < 1.29 is 42.9 Å². The van der Waals surface area contributed by atoms with Gasteiger partial charge in [0.25, 0.3) is 0 Å². The lowest BCUT2D eigenvalue weighted by Crippen LogP contribution is -2.60. The molecule has 0 aliphatic carbocycles. The number of halogens is 1. The van der Waals surface area contributed by atoms with Gasteiger partial charge in [0.1, 0.15) is 12.7 Å². The van der Waals surface area contributed by atoms with Crippen LogP contribution in [0.1, 0.15) is 39.6 Å². The van der Waals surface area contributed by atoms with E-state index in [1.54, 1.807) is 0 Å². The number of esters is 4. The van der Waals surface area contributed by atoms with Gasteiger partial charge in [-0.3, -0.25) is 19.2 Å². The largest absolute Gasteiger partial charge is 0.463 e. The second-order valence-corrected chi connectivity index (χ2v) is 6.68. The molecule has 0 amide bonds. The topological polar surface area (TPSA) is 145 Å². The quantitative estimate of drug-likeness (QED) is 0.322. The van der Waals surface area contributed by atoms with Gasteiger partial charge in [-0.05, 0) is 0 Å². The summed E-state index contributed by atoms with van der Waals surface area (Å²) < 4.78 is 28.1. The molecule has 166 valence electrons. The molecule has 0 radical (unpaired) electrons. The third-order valence-corrected chi connectivity index (χ3v) is 4.20. The monoisotopic (exact) mass is 447 g/mol. The maximum atomic E-state index is 11.8. The minimum Gasteiger partial charge on any atom is -0.463 e. The van der Waals surface area contributed by atoms with Gasteiger partial charge in [-0.25, -0.2) is 4.68 Å². The highest BCUT2D eigenvalue weighted by molar-refractivity contribution is 6.16. The van der Waals surface area contributed by atoms with Crippen LogP contribution in [0.15, 0.2) is 6.20 Å². The van der Waals surface area contributed by atoms with Crippen LogP contribution in [0, 0.1) is 0 Å². The van der Waals surface area contributed by atoms with Gasteiger partial charge < -0.3 is 23.7 Å². The van der Waals surface area contributed by atoms with E-state index in [-0.39, 0.29) is 12.5 Å². The average molecular weight is 448 g/mol. The van der Waals surface area contributed by atoms with Crippen LogP contribution in [0.3, 0.4) is 0 Å². The maximum absolute atomic E-state index is 11.8. The molecule has 12 nitrogen and oxygen atoms in total. The molecule has 30 heavy (non-hydrogen) atoms. The van der Waals surface area contributed by atoms with Crippen LogP contribution in [-0.2, 0) is 48.7 Å². The first-order chi connectivity index (χ1) is 14.1. The number of hydrogen-bond donors (Lipinski definition) is 0. The van der Waals surface area contributed by atoms with Crippen molar-refractivity contribution in [3.63, 3.8) is 0 Å². The molecule has 0 saturated carbocycles. The molecule has 1 aromatic rings. The third kappa shape index (κ3) is 6.13. The fourth-order valence-corrected chi connectivity index (χ4v) is 3.04. The van der Waals surface area contributed by atoms with Gasteiger partial charge in [-0.1, -0.05) is 5.21 Å². The molecular formula is C17H22ClN3O9. The molecule has 0 N–H and O–H groups in total. The number of ether oxygens (including phenoxy) is 5. The van der Waals surface area contributed by atoms with Gasteiger partial charge in [0.05, 0.1) is 17.8 Å². The number of carbonyl (C=O) groups is 4. The highest BCUT2D eigenvalue weighted by Gasteiger charge is 2.53. The van der Waals surface area contributed by atoms with Crippen LogP contribution in [0.5, 0.6) is 0 Å². The number of carbonyl (C=O) groups excluding carboxylic acids is 4. The van der Waals surface area contributed by atoms with Gasteiger partial charge in [0.15, 0.2) is 24.5 Å². The Morgan fingerprint density at radius 2 is 1.53 bits per heavy atom. The van der Waals surface area contributed by atoms with Crippen molar-refractivity contribution in [1.29, 1.82) is 0 Å². The van der Waals surface area contributed by atoms with Crippen molar-refractivity contribution in [2.75, 3.05) is 6.61 Å². The molecule has 1 aromatic heterocycles. The summed E-state index contributed by atoms with van der Waals surface area (Å²) in [5.74, 6) is -2.68. The molecule has 1 saturated heterocycles. The smallest absolute Gasteiger partial charge is 0.303 e. The molecule has 2 heterocycles. The zero-order chi connectivity index (χ0) is 22.4. The lowest BCUT2D eigenvalue weighted by Gasteiger charge is -2.44.